The minimum absolute atomic E-state index is 0.526. The van der Waals surface area contributed by atoms with Crippen LogP contribution in [0.2, 0.25) is 0 Å². The average Bonchev–Trinajstić information content (AvgIpc) is 2.79. The van der Waals surface area contributed by atoms with Crippen LogP contribution in [0.1, 0.15) is 46.0 Å². The van der Waals surface area contributed by atoms with E-state index >= 15 is 0 Å². The molecular weight excluding hydrogens is 254 g/mol. The summed E-state index contributed by atoms with van der Waals surface area (Å²) in [5.74, 6) is 1.84. The highest BCUT2D eigenvalue weighted by Crippen LogP contribution is 2.33. The molecule has 0 amide bonds. The molecule has 0 radical (unpaired) electrons. The Hall–Kier alpha value is -0.220. The van der Waals surface area contributed by atoms with Gasteiger partial charge < -0.3 is 10.2 Å². The highest BCUT2D eigenvalue weighted by atomic mass is 32.2. The van der Waals surface area contributed by atoms with E-state index in [-0.39, 0.29) is 0 Å². The molecule has 3 nitrogen and oxygen atoms in total. The maximum absolute atomic E-state index is 4.85. The highest BCUT2D eigenvalue weighted by molar-refractivity contribution is 8.14. The van der Waals surface area contributed by atoms with E-state index in [1.54, 1.807) is 0 Å². The number of hydrogen-bond acceptors (Lipinski definition) is 4. The van der Waals surface area contributed by atoms with Gasteiger partial charge in [0.25, 0.3) is 0 Å². The van der Waals surface area contributed by atoms with Crippen molar-refractivity contribution in [3.63, 3.8) is 0 Å². The van der Waals surface area contributed by atoms with Gasteiger partial charge in [0.1, 0.15) is 0 Å². The highest BCUT2D eigenvalue weighted by Gasteiger charge is 2.36. The second-order valence-corrected chi connectivity index (χ2v) is 7.78. The van der Waals surface area contributed by atoms with E-state index in [2.05, 4.69) is 31.1 Å². The molecule has 3 unspecified atom stereocenters. The molecule has 0 aliphatic carbocycles. The summed E-state index contributed by atoms with van der Waals surface area (Å²) in [7, 11) is 2.32. The number of hydrogen-bond donors (Lipinski definition) is 1. The molecule has 3 atom stereocenters. The van der Waals surface area contributed by atoms with E-state index in [0.717, 1.165) is 12.1 Å². The van der Waals surface area contributed by atoms with Crippen LogP contribution >= 0.6 is 11.8 Å². The molecule has 0 spiro atoms. The number of thioether (sulfide) groups is 1. The lowest BCUT2D eigenvalue weighted by molar-refractivity contribution is 0.0530. The molecule has 0 saturated carbocycles. The van der Waals surface area contributed by atoms with Crippen molar-refractivity contribution < 1.29 is 0 Å². The fourth-order valence-corrected chi connectivity index (χ4v) is 4.97. The predicted molar refractivity (Wildman–Crippen MR) is 83.9 cm³/mol. The minimum atomic E-state index is 0.526. The Morgan fingerprint density at radius 2 is 1.95 bits per heavy atom. The quantitative estimate of drug-likeness (QED) is 0.843. The Balaban J connectivity index is 1.58. The second-order valence-electron chi connectivity index (χ2n) is 6.77. The Bertz CT molecular complexity index is 341. The first-order valence-electron chi connectivity index (χ1n) is 7.82. The predicted octanol–water partition coefficient (Wildman–Crippen LogP) is 2.72. The van der Waals surface area contributed by atoms with Crippen molar-refractivity contribution in [3.8, 4) is 0 Å². The van der Waals surface area contributed by atoms with Gasteiger partial charge in [-0.25, -0.2) is 0 Å². The number of aliphatic imine (C=N–C) groups is 1. The third kappa shape index (κ3) is 2.94. The van der Waals surface area contributed by atoms with Crippen LogP contribution in [0, 0.1) is 5.92 Å². The SMILES string of the molecule is CC(C)C1CSC(NC2CC3CCCC(C2)N3C)=N1. The van der Waals surface area contributed by atoms with Gasteiger partial charge in [0.05, 0.1) is 6.04 Å². The molecule has 4 heteroatoms. The number of rotatable bonds is 2. The summed E-state index contributed by atoms with van der Waals surface area (Å²) >= 11 is 1.93. The van der Waals surface area contributed by atoms with Gasteiger partial charge in [-0.1, -0.05) is 32.0 Å². The minimum Gasteiger partial charge on any atom is -0.362 e. The summed E-state index contributed by atoms with van der Waals surface area (Å²) in [6.45, 7) is 4.55. The number of amidine groups is 1. The zero-order valence-electron chi connectivity index (χ0n) is 12.4. The summed E-state index contributed by atoms with van der Waals surface area (Å²) in [6.07, 6.45) is 6.81. The van der Waals surface area contributed by atoms with E-state index in [4.69, 9.17) is 4.99 Å². The van der Waals surface area contributed by atoms with Crippen LogP contribution in [0.3, 0.4) is 0 Å². The Morgan fingerprint density at radius 3 is 2.53 bits per heavy atom. The van der Waals surface area contributed by atoms with Crippen molar-refractivity contribution in [1.82, 2.24) is 10.2 Å². The summed E-state index contributed by atoms with van der Waals surface area (Å²) < 4.78 is 0. The van der Waals surface area contributed by atoms with Crippen LogP contribution in [-0.4, -0.2) is 47.0 Å². The number of nitrogens with zero attached hydrogens (tertiary/aromatic N) is 2. The van der Waals surface area contributed by atoms with Crippen molar-refractivity contribution in [2.24, 2.45) is 10.9 Å². The van der Waals surface area contributed by atoms with E-state index < -0.39 is 0 Å². The first-order valence-corrected chi connectivity index (χ1v) is 8.81. The molecule has 1 N–H and O–H groups in total. The molecule has 0 aromatic carbocycles. The largest absolute Gasteiger partial charge is 0.362 e. The molecule has 0 aromatic heterocycles. The van der Waals surface area contributed by atoms with Crippen LogP contribution in [-0.2, 0) is 0 Å². The Kier molecular flexibility index (Phi) is 4.08. The monoisotopic (exact) mass is 281 g/mol. The summed E-state index contributed by atoms with van der Waals surface area (Å²) in [5, 5.41) is 4.95. The molecule has 0 aromatic rings. The molecule has 2 fully saturated rings. The van der Waals surface area contributed by atoms with Crippen LogP contribution in [0.25, 0.3) is 0 Å². The van der Waals surface area contributed by atoms with Gasteiger partial charge in [0.2, 0.25) is 0 Å². The van der Waals surface area contributed by atoms with Crippen molar-refractivity contribution >= 4 is 16.9 Å². The first-order chi connectivity index (χ1) is 9.13. The van der Waals surface area contributed by atoms with Crippen molar-refractivity contribution in [2.75, 3.05) is 12.8 Å². The van der Waals surface area contributed by atoms with E-state index in [0.29, 0.717) is 18.0 Å². The normalized spacial score (nSPS) is 39.5. The van der Waals surface area contributed by atoms with E-state index in [9.17, 15) is 0 Å². The van der Waals surface area contributed by atoms with Gasteiger partial charge in [0, 0.05) is 23.9 Å². The molecule has 3 rings (SSSR count). The lowest BCUT2D eigenvalue weighted by Crippen LogP contribution is -2.55. The number of fused-ring (bicyclic) bond motifs is 2. The van der Waals surface area contributed by atoms with Crippen molar-refractivity contribution in [3.05, 3.63) is 0 Å². The van der Waals surface area contributed by atoms with Gasteiger partial charge in [-0.3, -0.25) is 4.99 Å². The summed E-state index contributed by atoms with van der Waals surface area (Å²) in [4.78, 5) is 7.48. The maximum atomic E-state index is 4.85. The van der Waals surface area contributed by atoms with Crippen LogP contribution in [0.15, 0.2) is 4.99 Å². The second kappa shape index (κ2) is 5.65. The van der Waals surface area contributed by atoms with Crippen LogP contribution in [0.5, 0.6) is 0 Å². The third-order valence-electron chi connectivity index (χ3n) is 5.11. The molecule has 3 aliphatic heterocycles. The van der Waals surface area contributed by atoms with Crippen molar-refractivity contribution in [1.29, 1.82) is 0 Å². The smallest absolute Gasteiger partial charge is 0.157 e. The van der Waals surface area contributed by atoms with Crippen LogP contribution < -0.4 is 5.32 Å². The van der Waals surface area contributed by atoms with Gasteiger partial charge in [-0.15, -0.1) is 0 Å². The molecule has 19 heavy (non-hydrogen) atoms. The van der Waals surface area contributed by atoms with Gasteiger partial charge in [-0.2, -0.15) is 0 Å². The van der Waals surface area contributed by atoms with Gasteiger partial charge >= 0.3 is 0 Å². The summed E-state index contributed by atoms with van der Waals surface area (Å²) in [5.41, 5.74) is 0. The molecule has 3 heterocycles. The number of nitrogens with one attached hydrogen (secondary N) is 1. The number of piperidine rings is 2. The molecule has 3 aliphatic rings. The summed E-state index contributed by atoms with van der Waals surface area (Å²) in [6, 6.07) is 2.79. The molecular formula is C15H27N3S. The van der Waals surface area contributed by atoms with Crippen molar-refractivity contribution in [2.45, 2.75) is 70.1 Å². The third-order valence-corrected chi connectivity index (χ3v) is 6.12. The Labute approximate surface area is 121 Å². The molecule has 108 valence electrons. The zero-order valence-corrected chi connectivity index (χ0v) is 13.2. The standard InChI is InChI=1S/C15H27N3S/c1-10(2)14-9-19-15(17-14)16-11-7-12-5-4-6-13(8-11)18(12)3/h10-14H,4-9H2,1-3H3,(H,16,17). The maximum Gasteiger partial charge on any atom is 0.157 e. The first kappa shape index (κ1) is 13.7. The zero-order chi connectivity index (χ0) is 13.4. The lowest BCUT2D eigenvalue weighted by atomic mass is 9.82. The topological polar surface area (TPSA) is 27.6 Å². The van der Waals surface area contributed by atoms with Gasteiger partial charge in [0.15, 0.2) is 5.17 Å². The fraction of sp³-hybridized carbons (Fsp3) is 0.933. The Morgan fingerprint density at radius 1 is 1.26 bits per heavy atom. The van der Waals surface area contributed by atoms with E-state index in [1.807, 2.05) is 11.8 Å². The lowest BCUT2D eigenvalue weighted by Gasteiger charge is -2.47. The fourth-order valence-electron chi connectivity index (χ4n) is 3.72. The molecule has 2 bridgehead atoms. The average molecular weight is 281 g/mol. The van der Waals surface area contributed by atoms with E-state index in [1.165, 1.54) is 43.0 Å². The van der Waals surface area contributed by atoms with Crippen LogP contribution in [0.4, 0.5) is 0 Å². The van der Waals surface area contributed by atoms with Gasteiger partial charge in [-0.05, 0) is 38.6 Å². The molecule has 2 saturated heterocycles.